The maximum absolute atomic E-state index is 3.72. The van der Waals surface area contributed by atoms with E-state index in [4.69, 9.17) is 0 Å². The molecule has 0 aromatic heterocycles. The van der Waals surface area contributed by atoms with Crippen LogP contribution in [-0.2, 0) is 0 Å². The molecule has 112 valence electrons. The first-order chi connectivity index (χ1) is 9.26. The molecule has 2 fully saturated rings. The lowest BCUT2D eigenvalue weighted by Gasteiger charge is -2.47. The molecular weight excluding hydrogens is 232 g/mol. The van der Waals surface area contributed by atoms with E-state index in [-0.39, 0.29) is 0 Å². The van der Waals surface area contributed by atoms with E-state index in [1.54, 1.807) is 0 Å². The molecule has 2 aliphatic carbocycles. The van der Waals surface area contributed by atoms with Gasteiger partial charge < -0.3 is 5.32 Å². The molecule has 1 unspecified atom stereocenters. The van der Waals surface area contributed by atoms with Gasteiger partial charge in [-0.25, -0.2) is 0 Å². The van der Waals surface area contributed by atoms with Crippen LogP contribution in [0.3, 0.4) is 0 Å². The van der Waals surface area contributed by atoms with Crippen LogP contribution >= 0.6 is 0 Å². The normalized spacial score (nSPS) is 25.3. The molecule has 0 aromatic carbocycles. The molecule has 0 aliphatic heterocycles. The van der Waals surface area contributed by atoms with Crippen LogP contribution in [0.15, 0.2) is 0 Å². The van der Waals surface area contributed by atoms with Crippen molar-refractivity contribution in [2.75, 3.05) is 20.1 Å². The maximum Gasteiger partial charge on any atom is 0.0362 e. The molecule has 0 heterocycles. The lowest BCUT2D eigenvalue weighted by Crippen LogP contribution is -2.59. The Morgan fingerprint density at radius 1 is 1.05 bits per heavy atom. The lowest BCUT2D eigenvalue weighted by atomic mass is 9.80. The third kappa shape index (κ3) is 3.16. The van der Waals surface area contributed by atoms with E-state index >= 15 is 0 Å². The third-order valence-corrected chi connectivity index (χ3v) is 5.90. The molecule has 1 atom stereocenters. The van der Waals surface area contributed by atoms with Crippen molar-refractivity contribution < 1.29 is 0 Å². The Kier molecular flexibility index (Phi) is 5.70. The van der Waals surface area contributed by atoms with Crippen molar-refractivity contribution in [1.82, 2.24) is 10.2 Å². The van der Waals surface area contributed by atoms with E-state index < -0.39 is 0 Å². The Balaban J connectivity index is 2.10. The van der Waals surface area contributed by atoms with Crippen LogP contribution in [0.1, 0.15) is 71.6 Å². The number of nitrogens with one attached hydrogen (secondary N) is 1. The highest BCUT2D eigenvalue weighted by atomic mass is 15.2. The molecular formula is C17H34N2. The predicted octanol–water partition coefficient (Wildman–Crippen LogP) is 3.81. The Bertz CT molecular complexity index is 248. The smallest absolute Gasteiger partial charge is 0.0362 e. The Labute approximate surface area is 120 Å². The second kappa shape index (κ2) is 7.08. The quantitative estimate of drug-likeness (QED) is 0.754. The zero-order valence-corrected chi connectivity index (χ0v) is 13.4. The number of likely N-dealkylation sites (N-methyl/N-ethyl adjacent to an activating group) is 2. The van der Waals surface area contributed by atoms with Crippen molar-refractivity contribution in [3.63, 3.8) is 0 Å². The third-order valence-electron chi connectivity index (χ3n) is 5.90. The fraction of sp³-hybridized carbons (Fsp3) is 1.00. The van der Waals surface area contributed by atoms with Crippen LogP contribution < -0.4 is 5.32 Å². The Morgan fingerprint density at radius 2 is 1.63 bits per heavy atom. The number of hydrogen-bond acceptors (Lipinski definition) is 2. The van der Waals surface area contributed by atoms with Gasteiger partial charge in [-0.15, -0.1) is 0 Å². The molecule has 2 nitrogen and oxygen atoms in total. The van der Waals surface area contributed by atoms with Gasteiger partial charge in [-0.3, -0.25) is 4.90 Å². The monoisotopic (exact) mass is 266 g/mol. The zero-order chi connectivity index (χ0) is 13.7. The molecule has 1 N–H and O–H groups in total. The molecule has 0 amide bonds. The SMILES string of the molecule is CCN(CC)C1(C(CC2CCCC2)NC)CCCC1. The average molecular weight is 266 g/mol. The van der Waals surface area contributed by atoms with Gasteiger partial charge in [0.15, 0.2) is 0 Å². The molecule has 0 radical (unpaired) electrons. The van der Waals surface area contributed by atoms with Crippen LogP contribution in [0.4, 0.5) is 0 Å². The van der Waals surface area contributed by atoms with Gasteiger partial charge >= 0.3 is 0 Å². The van der Waals surface area contributed by atoms with Gasteiger partial charge in [0.1, 0.15) is 0 Å². The van der Waals surface area contributed by atoms with Crippen molar-refractivity contribution in [1.29, 1.82) is 0 Å². The Morgan fingerprint density at radius 3 is 2.11 bits per heavy atom. The minimum atomic E-state index is 0.459. The summed E-state index contributed by atoms with van der Waals surface area (Å²) in [5.74, 6) is 0.991. The summed E-state index contributed by atoms with van der Waals surface area (Å²) in [4.78, 5) is 2.76. The van der Waals surface area contributed by atoms with Gasteiger partial charge in [-0.1, -0.05) is 52.4 Å². The first kappa shape index (κ1) is 15.3. The highest BCUT2D eigenvalue weighted by molar-refractivity contribution is 5.03. The van der Waals surface area contributed by atoms with E-state index in [1.807, 2.05) is 0 Å². The van der Waals surface area contributed by atoms with Crippen LogP contribution in [-0.4, -0.2) is 36.6 Å². The lowest BCUT2D eigenvalue weighted by molar-refractivity contribution is 0.0562. The number of hydrogen-bond donors (Lipinski definition) is 1. The van der Waals surface area contributed by atoms with Crippen molar-refractivity contribution in [2.24, 2.45) is 5.92 Å². The van der Waals surface area contributed by atoms with E-state index in [9.17, 15) is 0 Å². The number of nitrogens with zero attached hydrogens (tertiary/aromatic N) is 1. The first-order valence-electron chi connectivity index (χ1n) is 8.69. The second-order valence-electron chi connectivity index (χ2n) is 6.71. The second-order valence-corrected chi connectivity index (χ2v) is 6.71. The summed E-state index contributed by atoms with van der Waals surface area (Å²) >= 11 is 0. The van der Waals surface area contributed by atoms with E-state index in [1.165, 1.54) is 70.9 Å². The van der Waals surface area contributed by atoms with Gasteiger partial charge in [0.25, 0.3) is 0 Å². The van der Waals surface area contributed by atoms with Crippen molar-refractivity contribution in [3.8, 4) is 0 Å². The fourth-order valence-corrected chi connectivity index (χ4v) is 4.91. The van der Waals surface area contributed by atoms with Crippen molar-refractivity contribution in [2.45, 2.75) is 83.2 Å². The standard InChI is InChI=1S/C17H34N2/c1-4-19(5-2)17(12-8-9-13-17)16(18-3)14-15-10-6-7-11-15/h15-16,18H,4-14H2,1-3H3. The summed E-state index contributed by atoms with van der Waals surface area (Å²) in [6.07, 6.45) is 13.0. The minimum absolute atomic E-state index is 0.459. The van der Waals surface area contributed by atoms with Crippen LogP contribution in [0.2, 0.25) is 0 Å². The first-order valence-corrected chi connectivity index (χ1v) is 8.69. The summed E-state index contributed by atoms with van der Waals surface area (Å²) < 4.78 is 0. The van der Waals surface area contributed by atoms with Crippen LogP contribution in [0, 0.1) is 5.92 Å². The number of rotatable bonds is 7. The maximum atomic E-state index is 3.72. The Hall–Kier alpha value is -0.0800. The summed E-state index contributed by atoms with van der Waals surface area (Å²) in [5, 5.41) is 3.72. The summed E-state index contributed by atoms with van der Waals surface area (Å²) in [7, 11) is 2.20. The predicted molar refractivity (Wildman–Crippen MR) is 83.5 cm³/mol. The molecule has 19 heavy (non-hydrogen) atoms. The van der Waals surface area contributed by atoms with Gasteiger partial charge in [0, 0.05) is 11.6 Å². The van der Waals surface area contributed by atoms with Gasteiger partial charge in [-0.2, -0.15) is 0 Å². The minimum Gasteiger partial charge on any atom is -0.315 e. The van der Waals surface area contributed by atoms with Crippen LogP contribution in [0.5, 0.6) is 0 Å². The highest BCUT2D eigenvalue weighted by Gasteiger charge is 2.44. The average Bonchev–Trinajstić information content (AvgIpc) is 3.09. The largest absolute Gasteiger partial charge is 0.315 e. The van der Waals surface area contributed by atoms with Gasteiger partial charge in [0.2, 0.25) is 0 Å². The van der Waals surface area contributed by atoms with E-state index in [0.29, 0.717) is 11.6 Å². The molecule has 0 saturated heterocycles. The van der Waals surface area contributed by atoms with Crippen LogP contribution in [0.25, 0.3) is 0 Å². The summed E-state index contributed by atoms with van der Waals surface area (Å²) in [5.41, 5.74) is 0.459. The highest BCUT2D eigenvalue weighted by Crippen LogP contribution is 2.41. The van der Waals surface area contributed by atoms with Gasteiger partial charge in [0.05, 0.1) is 0 Å². The molecule has 0 spiro atoms. The molecule has 2 rings (SSSR count). The van der Waals surface area contributed by atoms with E-state index in [2.05, 4.69) is 31.1 Å². The molecule has 0 aromatic rings. The van der Waals surface area contributed by atoms with E-state index in [0.717, 1.165) is 5.92 Å². The van der Waals surface area contributed by atoms with Crippen molar-refractivity contribution >= 4 is 0 Å². The molecule has 2 saturated carbocycles. The van der Waals surface area contributed by atoms with Crippen molar-refractivity contribution in [3.05, 3.63) is 0 Å². The molecule has 0 bridgehead atoms. The van der Waals surface area contributed by atoms with Gasteiger partial charge in [-0.05, 0) is 45.3 Å². The zero-order valence-electron chi connectivity index (χ0n) is 13.4. The summed E-state index contributed by atoms with van der Waals surface area (Å²) in [6, 6.07) is 0.706. The fourth-order valence-electron chi connectivity index (χ4n) is 4.91. The molecule has 2 aliphatic rings. The molecule has 2 heteroatoms. The topological polar surface area (TPSA) is 15.3 Å². The summed E-state index contributed by atoms with van der Waals surface area (Å²) in [6.45, 7) is 7.09.